The van der Waals surface area contributed by atoms with Crippen molar-refractivity contribution in [2.24, 2.45) is 11.8 Å². The molecule has 2 rings (SSSR count). The molecule has 0 unspecified atom stereocenters. The molecule has 1 aromatic carbocycles. The van der Waals surface area contributed by atoms with Crippen LogP contribution < -0.4 is 0 Å². The Labute approximate surface area is 86.0 Å². The second-order valence-corrected chi connectivity index (χ2v) is 4.15. The first-order valence-electron chi connectivity index (χ1n) is 5.23. The van der Waals surface area contributed by atoms with E-state index in [0.717, 1.165) is 11.8 Å². The van der Waals surface area contributed by atoms with Gasteiger partial charge in [-0.05, 0) is 35.5 Å². The molecule has 0 spiro atoms. The maximum atomic E-state index is 3.50. The summed E-state index contributed by atoms with van der Waals surface area (Å²) in [6.07, 6.45) is 0. The number of benzene rings is 1. The van der Waals surface area contributed by atoms with Gasteiger partial charge >= 0.3 is 0 Å². The summed E-state index contributed by atoms with van der Waals surface area (Å²) in [5.41, 5.74) is 7.53. The topological polar surface area (TPSA) is 0 Å². The third-order valence-corrected chi connectivity index (χ3v) is 3.16. The smallest absolute Gasteiger partial charge is 0.00193 e. The van der Waals surface area contributed by atoms with Crippen LogP contribution in [0, 0.1) is 11.8 Å². The number of hydrogen-bond acceptors (Lipinski definition) is 0. The molecule has 2 atom stereocenters. The molecular formula is C14H16. The lowest BCUT2D eigenvalue weighted by Gasteiger charge is -1.95. The van der Waals surface area contributed by atoms with E-state index in [1.54, 1.807) is 0 Å². The van der Waals surface area contributed by atoms with Crippen molar-refractivity contribution in [3.05, 3.63) is 47.2 Å². The number of rotatable bonds is 1. The van der Waals surface area contributed by atoms with Gasteiger partial charge in [0, 0.05) is 0 Å². The average molecular weight is 184 g/mol. The monoisotopic (exact) mass is 184 g/mol. The van der Waals surface area contributed by atoms with Crippen LogP contribution >= 0.6 is 0 Å². The van der Waals surface area contributed by atoms with Crippen molar-refractivity contribution in [1.29, 1.82) is 0 Å². The van der Waals surface area contributed by atoms with Gasteiger partial charge < -0.3 is 0 Å². The van der Waals surface area contributed by atoms with Gasteiger partial charge in [-0.25, -0.2) is 0 Å². The number of hydrogen-bond donors (Lipinski definition) is 0. The lowest BCUT2D eigenvalue weighted by Crippen LogP contribution is -1.74. The zero-order chi connectivity index (χ0) is 10.1. The van der Waals surface area contributed by atoms with Gasteiger partial charge in [-0.3, -0.25) is 0 Å². The summed E-state index contributed by atoms with van der Waals surface area (Å²) in [6.45, 7) is 6.68. The summed E-state index contributed by atoms with van der Waals surface area (Å²) in [4.78, 5) is 0. The minimum atomic E-state index is 0.744. The minimum absolute atomic E-state index is 0.744. The van der Waals surface area contributed by atoms with E-state index in [4.69, 9.17) is 0 Å². The molecule has 1 fully saturated rings. The van der Waals surface area contributed by atoms with Crippen LogP contribution in [0.1, 0.15) is 26.3 Å². The zero-order valence-electron chi connectivity index (χ0n) is 9.04. The molecule has 1 aliphatic carbocycles. The highest BCUT2D eigenvalue weighted by Crippen LogP contribution is 2.44. The van der Waals surface area contributed by atoms with Crippen LogP contribution in [0.5, 0.6) is 0 Å². The van der Waals surface area contributed by atoms with Crippen molar-refractivity contribution in [3.63, 3.8) is 0 Å². The summed E-state index contributed by atoms with van der Waals surface area (Å²) in [5.74, 6) is 1.49. The summed E-state index contributed by atoms with van der Waals surface area (Å²) in [7, 11) is 0. The first-order valence-corrected chi connectivity index (χ1v) is 5.23. The standard InChI is InChI=1S/C14H16/c1-10(9-14-11(2)12(14)3)13-7-5-4-6-8-13/h4-8,11-12H,1-3H3/t9?,11-,12+. The summed E-state index contributed by atoms with van der Waals surface area (Å²) < 4.78 is 0. The third kappa shape index (κ3) is 1.66. The van der Waals surface area contributed by atoms with E-state index in [0.29, 0.717) is 0 Å². The average Bonchev–Trinajstić information content (AvgIpc) is 2.77. The normalized spacial score (nSPS) is 24.4. The van der Waals surface area contributed by atoms with Crippen LogP contribution in [0.3, 0.4) is 0 Å². The molecule has 0 radical (unpaired) electrons. The van der Waals surface area contributed by atoms with Crippen molar-refractivity contribution in [3.8, 4) is 0 Å². The highest BCUT2D eigenvalue weighted by Gasteiger charge is 2.35. The van der Waals surface area contributed by atoms with Crippen LogP contribution in [0.2, 0.25) is 0 Å². The Bertz CT molecular complexity index is 381. The largest absolute Gasteiger partial charge is 0.117 e. The van der Waals surface area contributed by atoms with Crippen molar-refractivity contribution < 1.29 is 0 Å². The van der Waals surface area contributed by atoms with Crippen molar-refractivity contribution >= 4 is 5.57 Å². The van der Waals surface area contributed by atoms with Gasteiger partial charge in [-0.15, -0.1) is 5.73 Å². The highest BCUT2D eigenvalue weighted by molar-refractivity contribution is 5.64. The van der Waals surface area contributed by atoms with Crippen LogP contribution in [0.4, 0.5) is 0 Å². The van der Waals surface area contributed by atoms with Crippen LogP contribution in [0.25, 0.3) is 5.57 Å². The Morgan fingerprint density at radius 3 is 2.14 bits per heavy atom. The second kappa shape index (κ2) is 3.48. The Hall–Kier alpha value is -1.26. The first kappa shape index (κ1) is 9.30. The van der Waals surface area contributed by atoms with Crippen molar-refractivity contribution in [2.75, 3.05) is 0 Å². The minimum Gasteiger partial charge on any atom is -0.117 e. The molecule has 0 N–H and O–H groups in total. The predicted molar refractivity (Wildman–Crippen MR) is 60.9 cm³/mol. The molecule has 0 aliphatic heterocycles. The molecule has 1 aromatic rings. The van der Waals surface area contributed by atoms with Crippen LogP contribution in [-0.4, -0.2) is 0 Å². The third-order valence-electron chi connectivity index (χ3n) is 3.16. The van der Waals surface area contributed by atoms with E-state index >= 15 is 0 Å². The molecule has 1 aliphatic rings. The van der Waals surface area contributed by atoms with Gasteiger partial charge in [0.15, 0.2) is 0 Å². The maximum absolute atomic E-state index is 3.50. The number of allylic oxidation sites excluding steroid dienone is 1. The molecule has 0 heteroatoms. The Kier molecular flexibility index (Phi) is 2.31. The van der Waals surface area contributed by atoms with Gasteiger partial charge in [0.1, 0.15) is 0 Å². The molecule has 72 valence electrons. The zero-order valence-corrected chi connectivity index (χ0v) is 9.04. The van der Waals surface area contributed by atoms with E-state index in [-0.39, 0.29) is 0 Å². The summed E-state index contributed by atoms with van der Waals surface area (Å²) >= 11 is 0. The van der Waals surface area contributed by atoms with Gasteiger partial charge in [-0.1, -0.05) is 44.2 Å². The van der Waals surface area contributed by atoms with E-state index in [2.05, 4.69) is 50.8 Å². The fourth-order valence-corrected chi connectivity index (χ4v) is 1.77. The van der Waals surface area contributed by atoms with E-state index < -0.39 is 0 Å². The maximum Gasteiger partial charge on any atom is -0.00193 e. The predicted octanol–water partition coefficient (Wildman–Crippen LogP) is 3.90. The van der Waals surface area contributed by atoms with Gasteiger partial charge in [0.25, 0.3) is 0 Å². The van der Waals surface area contributed by atoms with Crippen LogP contribution in [0.15, 0.2) is 41.6 Å². The fraction of sp³-hybridized carbons (Fsp3) is 0.357. The van der Waals surface area contributed by atoms with E-state index in [1.165, 1.54) is 16.7 Å². The van der Waals surface area contributed by atoms with E-state index in [9.17, 15) is 0 Å². The summed E-state index contributed by atoms with van der Waals surface area (Å²) in [5, 5.41) is 0. The van der Waals surface area contributed by atoms with Gasteiger partial charge in [0.2, 0.25) is 0 Å². The van der Waals surface area contributed by atoms with Gasteiger partial charge in [-0.2, -0.15) is 0 Å². The fourth-order valence-electron chi connectivity index (χ4n) is 1.77. The Morgan fingerprint density at radius 1 is 1.07 bits per heavy atom. The molecule has 1 saturated carbocycles. The summed E-state index contributed by atoms with van der Waals surface area (Å²) in [6, 6.07) is 10.5. The quantitative estimate of drug-likeness (QED) is 0.581. The molecule has 0 aromatic heterocycles. The molecule has 0 bridgehead atoms. The SMILES string of the molecule is CC(=C=C1[C@@H](C)[C@H]1C)c1ccccc1. The van der Waals surface area contributed by atoms with Crippen molar-refractivity contribution in [1.82, 2.24) is 0 Å². The molecular weight excluding hydrogens is 168 g/mol. The lowest BCUT2D eigenvalue weighted by molar-refractivity contribution is 0.834. The highest BCUT2D eigenvalue weighted by atomic mass is 14.4. The molecule has 0 nitrogen and oxygen atoms in total. The van der Waals surface area contributed by atoms with E-state index in [1.807, 2.05) is 6.07 Å². The van der Waals surface area contributed by atoms with Gasteiger partial charge in [0.05, 0.1) is 0 Å². The second-order valence-electron chi connectivity index (χ2n) is 4.15. The lowest BCUT2D eigenvalue weighted by atomic mass is 10.1. The first-order chi connectivity index (χ1) is 6.70. The van der Waals surface area contributed by atoms with Crippen molar-refractivity contribution in [2.45, 2.75) is 20.8 Å². The molecule has 0 heterocycles. The molecule has 0 saturated heterocycles. The molecule has 14 heavy (non-hydrogen) atoms. The Balaban J connectivity index is 2.34. The molecule has 0 amide bonds. The Morgan fingerprint density at radius 2 is 1.64 bits per heavy atom. The van der Waals surface area contributed by atoms with Crippen LogP contribution in [-0.2, 0) is 0 Å².